The van der Waals surface area contributed by atoms with Crippen LogP contribution in [0.4, 0.5) is 0 Å². The average molecular weight is 289 g/mol. The number of hydrogen-bond acceptors (Lipinski definition) is 1. The normalized spacial score (nSPS) is 18.8. The molecule has 1 saturated heterocycles. The maximum Gasteiger partial charge on any atom is 0.0810 e. The van der Waals surface area contributed by atoms with Crippen LogP contribution in [0.15, 0.2) is 0 Å². The van der Waals surface area contributed by atoms with Gasteiger partial charge in [0.1, 0.15) is 0 Å². The Morgan fingerprint density at radius 3 is 1.75 bits per heavy atom. The molecule has 0 radical (unpaired) electrons. The van der Waals surface area contributed by atoms with Gasteiger partial charge in [-0.05, 0) is 30.6 Å². The monoisotopic (exact) mass is 288 g/mol. The molecule has 1 aliphatic heterocycles. The molecule has 0 aromatic heterocycles. The van der Waals surface area contributed by atoms with Crippen molar-refractivity contribution < 1.29 is 4.74 Å². The Bertz CT molecular complexity index is 161. The second kappa shape index (κ2) is 17.0. The molecule has 1 nitrogen and oxygen atoms in total. The third-order valence-corrected chi connectivity index (χ3v) is 3.96. The SMILES string of the molecule is C.CC.CCC(C)CCC1CO1.CCCC(C)C(C)C. The van der Waals surface area contributed by atoms with Gasteiger partial charge in [0.2, 0.25) is 0 Å². The Balaban J connectivity index is -0.000000248. The van der Waals surface area contributed by atoms with E-state index in [0.29, 0.717) is 6.10 Å². The van der Waals surface area contributed by atoms with Gasteiger partial charge < -0.3 is 4.74 Å². The van der Waals surface area contributed by atoms with Gasteiger partial charge in [-0.25, -0.2) is 0 Å². The average Bonchev–Trinajstić information content (AvgIpc) is 3.23. The molecule has 0 aromatic rings. The smallest absolute Gasteiger partial charge is 0.0810 e. The summed E-state index contributed by atoms with van der Waals surface area (Å²) in [6.07, 6.45) is 7.30. The van der Waals surface area contributed by atoms with Crippen LogP contribution < -0.4 is 0 Å². The Morgan fingerprint density at radius 2 is 1.50 bits per heavy atom. The second-order valence-electron chi connectivity index (χ2n) is 6.06. The summed E-state index contributed by atoms with van der Waals surface area (Å²) < 4.78 is 5.10. The highest BCUT2D eigenvalue weighted by Crippen LogP contribution is 2.19. The highest BCUT2D eigenvalue weighted by atomic mass is 16.6. The van der Waals surface area contributed by atoms with Gasteiger partial charge in [0.05, 0.1) is 12.7 Å². The molecule has 0 bridgehead atoms. The molecule has 0 spiro atoms. The highest BCUT2D eigenvalue weighted by Gasteiger charge is 2.21. The molecule has 0 aromatic carbocycles. The van der Waals surface area contributed by atoms with E-state index in [0.717, 1.165) is 24.4 Å². The van der Waals surface area contributed by atoms with Crippen LogP contribution in [0, 0.1) is 17.8 Å². The minimum Gasteiger partial charge on any atom is -0.373 e. The molecule has 1 rings (SSSR count). The zero-order valence-electron chi connectivity index (χ0n) is 15.0. The van der Waals surface area contributed by atoms with Gasteiger partial charge in [0, 0.05) is 0 Å². The first-order valence-electron chi connectivity index (χ1n) is 8.62. The van der Waals surface area contributed by atoms with Gasteiger partial charge in [-0.2, -0.15) is 0 Å². The van der Waals surface area contributed by atoms with Crippen LogP contribution in [0.5, 0.6) is 0 Å². The van der Waals surface area contributed by atoms with Gasteiger partial charge in [0.25, 0.3) is 0 Å². The lowest BCUT2D eigenvalue weighted by Gasteiger charge is -2.12. The van der Waals surface area contributed by atoms with Gasteiger partial charge in [0.15, 0.2) is 0 Å². The van der Waals surface area contributed by atoms with E-state index < -0.39 is 0 Å². The van der Waals surface area contributed by atoms with Crippen molar-refractivity contribution in [3.05, 3.63) is 0 Å². The number of rotatable bonds is 7. The fourth-order valence-electron chi connectivity index (χ4n) is 1.70. The molecule has 3 unspecified atom stereocenters. The quantitative estimate of drug-likeness (QED) is 0.462. The second-order valence-corrected chi connectivity index (χ2v) is 6.06. The van der Waals surface area contributed by atoms with Crippen LogP contribution in [-0.4, -0.2) is 12.7 Å². The van der Waals surface area contributed by atoms with E-state index in [1.807, 2.05) is 13.8 Å². The summed E-state index contributed by atoms with van der Waals surface area (Å²) in [7, 11) is 0. The van der Waals surface area contributed by atoms with Crippen molar-refractivity contribution in [3.8, 4) is 0 Å². The molecular formula is C19H44O. The molecule has 0 N–H and O–H groups in total. The molecule has 20 heavy (non-hydrogen) atoms. The first kappa shape index (κ1) is 24.9. The Labute approximate surface area is 130 Å². The fourth-order valence-corrected chi connectivity index (χ4v) is 1.70. The Morgan fingerprint density at radius 1 is 1.00 bits per heavy atom. The molecule has 1 fully saturated rings. The van der Waals surface area contributed by atoms with Gasteiger partial charge in [-0.15, -0.1) is 0 Å². The van der Waals surface area contributed by atoms with Crippen LogP contribution in [0.3, 0.4) is 0 Å². The number of ether oxygens (including phenoxy) is 1. The summed E-state index contributed by atoms with van der Waals surface area (Å²) in [6, 6.07) is 0. The molecule has 1 heterocycles. The van der Waals surface area contributed by atoms with Crippen LogP contribution in [0.1, 0.15) is 94.9 Å². The molecule has 0 saturated carbocycles. The third kappa shape index (κ3) is 18.0. The zero-order valence-corrected chi connectivity index (χ0v) is 15.0. The van der Waals surface area contributed by atoms with Crippen molar-refractivity contribution in [1.29, 1.82) is 0 Å². The van der Waals surface area contributed by atoms with Crippen molar-refractivity contribution in [2.75, 3.05) is 6.61 Å². The minimum absolute atomic E-state index is 0. The maximum absolute atomic E-state index is 5.10. The van der Waals surface area contributed by atoms with E-state index >= 15 is 0 Å². The lowest BCUT2D eigenvalue weighted by molar-refractivity contribution is 0.370. The summed E-state index contributed by atoms with van der Waals surface area (Å²) in [5.41, 5.74) is 0. The lowest BCUT2D eigenvalue weighted by Crippen LogP contribution is -2.02. The number of hydrogen-bond donors (Lipinski definition) is 0. The molecule has 126 valence electrons. The molecule has 3 atom stereocenters. The topological polar surface area (TPSA) is 12.5 Å². The largest absolute Gasteiger partial charge is 0.373 e. The fraction of sp³-hybridized carbons (Fsp3) is 1.00. The van der Waals surface area contributed by atoms with E-state index in [4.69, 9.17) is 4.74 Å². The molecule has 0 amide bonds. The molecular weight excluding hydrogens is 244 g/mol. The van der Waals surface area contributed by atoms with E-state index in [-0.39, 0.29) is 7.43 Å². The lowest BCUT2D eigenvalue weighted by atomic mass is 9.94. The first-order chi connectivity index (χ1) is 9.01. The standard InChI is InChI=1S/C8H16O.C8H18.C2H6.CH4/c1-3-7(2)4-5-8-6-9-8;1-5-6-8(4)7(2)3;1-2;/h7-8H,3-6H2,1-2H3;7-8H,5-6H2,1-4H3;1-2H3;1H4. The van der Waals surface area contributed by atoms with Crippen molar-refractivity contribution in [2.24, 2.45) is 17.8 Å². The van der Waals surface area contributed by atoms with Crippen molar-refractivity contribution in [2.45, 2.75) is 101 Å². The van der Waals surface area contributed by atoms with Gasteiger partial charge >= 0.3 is 0 Å². The van der Waals surface area contributed by atoms with Crippen LogP contribution in [0.2, 0.25) is 0 Å². The summed E-state index contributed by atoms with van der Waals surface area (Å²) in [5.74, 6) is 2.68. The Kier molecular flexibility index (Phi) is 21.2. The summed E-state index contributed by atoms with van der Waals surface area (Å²) >= 11 is 0. The maximum atomic E-state index is 5.10. The van der Waals surface area contributed by atoms with Crippen LogP contribution in [-0.2, 0) is 4.74 Å². The number of epoxide rings is 1. The minimum atomic E-state index is 0. The molecule has 1 heteroatoms. The van der Waals surface area contributed by atoms with E-state index in [9.17, 15) is 0 Å². The first-order valence-corrected chi connectivity index (χ1v) is 8.62. The summed E-state index contributed by atoms with van der Waals surface area (Å²) in [6.45, 7) is 18.7. The van der Waals surface area contributed by atoms with Crippen molar-refractivity contribution >= 4 is 0 Å². The Hall–Kier alpha value is -0.0400. The highest BCUT2D eigenvalue weighted by molar-refractivity contribution is 4.69. The van der Waals surface area contributed by atoms with E-state index in [1.165, 1.54) is 32.1 Å². The summed E-state index contributed by atoms with van der Waals surface area (Å²) in [5, 5.41) is 0. The zero-order chi connectivity index (χ0) is 15.3. The van der Waals surface area contributed by atoms with Gasteiger partial charge in [-0.1, -0.05) is 82.1 Å². The van der Waals surface area contributed by atoms with Gasteiger partial charge in [-0.3, -0.25) is 0 Å². The summed E-state index contributed by atoms with van der Waals surface area (Å²) in [4.78, 5) is 0. The predicted octanol–water partition coefficient (Wildman–Crippen LogP) is 6.95. The predicted molar refractivity (Wildman–Crippen MR) is 95.4 cm³/mol. The van der Waals surface area contributed by atoms with Crippen LogP contribution in [0.25, 0.3) is 0 Å². The van der Waals surface area contributed by atoms with Crippen molar-refractivity contribution in [3.63, 3.8) is 0 Å². The van der Waals surface area contributed by atoms with E-state index in [1.54, 1.807) is 0 Å². The van der Waals surface area contributed by atoms with E-state index in [2.05, 4.69) is 41.5 Å². The molecule has 1 aliphatic rings. The van der Waals surface area contributed by atoms with Crippen molar-refractivity contribution in [1.82, 2.24) is 0 Å². The third-order valence-electron chi connectivity index (χ3n) is 3.96. The van der Waals surface area contributed by atoms with Crippen LogP contribution >= 0.6 is 0 Å². The molecule has 0 aliphatic carbocycles.